The van der Waals surface area contributed by atoms with Crippen molar-refractivity contribution in [2.75, 3.05) is 27.3 Å². The Morgan fingerprint density at radius 2 is 2.03 bits per heavy atom. The minimum atomic E-state index is -3.37. The van der Waals surface area contributed by atoms with Crippen LogP contribution in [0.1, 0.15) is 68.5 Å². The van der Waals surface area contributed by atoms with Crippen molar-refractivity contribution in [3.63, 3.8) is 0 Å². The molecule has 2 N–H and O–H groups in total. The zero-order chi connectivity index (χ0) is 28.8. The summed E-state index contributed by atoms with van der Waals surface area (Å²) in [4.78, 5) is 15.2. The van der Waals surface area contributed by atoms with E-state index in [1.807, 2.05) is 24.8 Å². The summed E-state index contributed by atoms with van der Waals surface area (Å²) in [5.41, 5.74) is 7.47. The maximum atomic E-state index is 13.2. The lowest BCUT2D eigenvalue weighted by molar-refractivity contribution is -0.160. The van der Waals surface area contributed by atoms with Crippen LogP contribution in [-0.2, 0) is 16.0 Å². The summed E-state index contributed by atoms with van der Waals surface area (Å²) >= 11 is 0. The molecule has 3 unspecified atom stereocenters. The second kappa shape index (κ2) is 9.56. The van der Waals surface area contributed by atoms with Crippen LogP contribution in [0.25, 0.3) is 0 Å². The van der Waals surface area contributed by atoms with Crippen molar-refractivity contribution in [3.05, 3.63) is 23.3 Å². The number of benzene rings is 1. The predicted molar refractivity (Wildman–Crippen MR) is 118 cm³/mol. The van der Waals surface area contributed by atoms with Gasteiger partial charge in [0.1, 0.15) is 12.1 Å². The van der Waals surface area contributed by atoms with Gasteiger partial charge in [-0.1, -0.05) is 27.6 Å². The Morgan fingerprint density at radius 3 is 2.67 bits per heavy atom. The summed E-state index contributed by atoms with van der Waals surface area (Å²) in [5, 5.41) is 0. The number of hydrogen-bond donors (Lipinski definition) is 1. The largest absolute Gasteiger partial charge is 0.493 e. The predicted octanol–water partition coefficient (Wildman–Crippen LogP) is 3.56. The molecule has 1 fully saturated rings. The third kappa shape index (κ3) is 4.75. The van der Waals surface area contributed by atoms with Gasteiger partial charge >= 0.3 is 5.97 Å². The molecule has 0 bridgehead atoms. The number of piperidine rings is 1. The molecule has 0 aliphatic carbocycles. The van der Waals surface area contributed by atoms with Gasteiger partial charge < -0.3 is 19.9 Å². The van der Waals surface area contributed by atoms with Crippen LogP contribution in [0, 0.1) is 17.7 Å². The molecular formula is C24H38N2O4. The number of esters is 1. The van der Waals surface area contributed by atoms with E-state index >= 15 is 0 Å². The van der Waals surface area contributed by atoms with Crippen LogP contribution in [-0.4, -0.2) is 50.3 Å². The molecule has 1 aromatic carbocycles. The van der Waals surface area contributed by atoms with E-state index in [-0.39, 0.29) is 18.3 Å². The highest BCUT2D eigenvalue weighted by atomic mass is 16.5. The molecule has 1 aromatic rings. The minimum Gasteiger partial charge on any atom is -0.493 e. The van der Waals surface area contributed by atoms with E-state index in [9.17, 15) is 6.17 Å². The molecule has 0 aromatic heterocycles. The van der Waals surface area contributed by atoms with Crippen molar-refractivity contribution in [3.8, 4) is 11.5 Å². The molecule has 1 saturated heterocycles. The van der Waals surface area contributed by atoms with Gasteiger partial charge in [-0.25, -0.2) is 0 Å². The molecule has 0 spiro atoms. The van der Waals surface area contributed by atoms with E-state index in [0.717, 1.165) is 5.56 Å². The van der Waals surface area contributed by atoms with Crippen molar-refractivity contribution in [2.24, 2.45) is 23.5 Å². The summed E-state index contributed by atoms with van der Waals surface area (Å²) in [5.74, 6) is -3.49. The van der Waals surface area contributed by atoms with Crippen LogP contribution in [0.4, 0.5) is 0 Å². The highest BCUT2D eigenvalue weighted by molar-refractivity contribution is 5.76. The van der Waals surface area contributed by atoms with Crippen LogP contribution in [0.2, 0.25) is 0 Å². The average Bonchev–Trinajstić information content (AvgIpc) is 2.81. The molecule has 168 valence electrons. The first-order chi connectivity index (χ1) is 17.4. The van der Waals surface area contributed by atoms with Gasteiger partial charge in [-0.3, -0.25) is 9.69 Å². The quantitative estimate of drug-likeness (QED) is 0.672. The number of hydrogen-bond acceptors (Lipinski definition) is 6. The number of nitrogens with zero attached hydrogens (tertiary/aromatic N) is 1. The van der Waals surface area contributed by atoms with Gasteiger partial charge in [-0.05, 0) is 47.9 Å². The Hall–Kier alpha value is -1.79. The average molecular weight is 427 g/mol. The van der Waals surface area contributed by atoms with E-state index in [1.165, 1.54) is 14.2 Å². The summed E-state index contributed by atoms with van der Waals surface area (Å²) in [7, 11) is 3.05. The fraction of sp³-hybridized carbons (Fsp3) is 0.708. The zero-order valence-corrected chi connectivity index (χ0v) is 18.2. The van der Waals surface area contributed by atoms with Crippen LogP contribution >= 0.6 is 0 Å². The Kier molecular flexibility index (Phi) is 4.56. The summed E-state index contributed by atoms with van der Waals surface area (Å²) in [6, 6.07) is 0.0746. The lowest BCUT2D eigenvalue weighted by Crippen LogP contribution is -2.51. The van der Waals surface area contributed by atoms with Gasteiger partial charge in [-0.2, -0.15) is 0 Å². The molecule has 2 aliphatic rings. The molecule has 2 aliphatic heterocycles. The molecule has 0 saturated carbocycles. The Balaban J connectivity index is 1.99. The normalized spacial score (nSPS) is 32.5. The highest BCUT2D eigenvalue weighted by Gasteiger charge is 2.41. The van der Waals surface area contributed by atoms with Crippen molar-refractivity contribution < 1.29 is 30.0 Å². The number of nitrogens with two attached hydrogens (primary N) is 1. The Bertz CT molecular complexity index is 1020. The SMILES string of the molecule is [2H]C12CC(OC(=O)[C@@H](N)C([2H])(C([2H])([2H])[2H])C([2H])([2H])[2H])C(CC(C)C)CN1CCc1cc(OC)c(OC)cc12. The highest BCUT2D eigenvalue weighted by Crippen LogP contribution is 2.44. The number of carbonyl (C=O) groups is 1. The van der Waals surface area contributed by atoms with Gasteiger partial charge in [0, 0.05) is 41.0 Å². The first-order valence-corrected chi connectivity index (χ1v) is 10.4. The van der Waals surface area contributed by atoms with Crippen LogP contribution in [0.3, 0.4) is 0 Å². The van der Waals surface area contributed by atoms with Crippen molar-refractivity contribution in [1.29, 1.82) is 0 Å². The van der Waals surface area contributed by atoms with E-state index in [0.29, 0.717) is 43.0 Å². The smallest absolute Gasteiger partial charge is 0.323 e. The van der Waals surface area contributed by atoms with E-state index in [1.54, 1.807) is 6.07 Å². The third-order valence-electron chi connectivity index (χ3n) is 5.93. The topological polar surface area (TPSA) is 74.0 Å². The van der Waals surface area contributed by atoms with Crippen LogP contribution in [0.15, 0.2) is 12.1 Å². The maximum absolute atomic E-state index is 13.2. The molecule has 3 rings (SSSR count). The van der Waals surface area contributed by atoms with Crippen molar-refractivity contribution in [2.45, 2.75) is 65.0 Å². The number of methoxy groups -OCH3 is 2. The molecule has 0 radical (unpaired) electrons. The lowest BCUT2D eigenvalue weighted by Gasteiger charge is -2.47. The molecule has 0 amide bonds. The fourth-order valence-corrected chi connectivity index (χ4v) is 4.47. The molecular weight excluding hydrogens is 380 g/mol. The van der Waals surface area contributed by atoms with Crippen LogP contribution in [0.5, 0.6) is 11.5 Å². The number of ether oxygens (including phenoxy) is 3. The fourth-order valence-electron chi connectivity index (χ4n) is 4.47. The minimum absolute atomic E-state index is 0.0534. The Morgan fingerprint density at radius 1 is 1.33 bits per heavy atom. The van der Waals surface area contributed by atoms with Crippen molar-refractivity contribution >= 4 is 5.97 Å². The molecule has 6 heteroatoms. The summed E-state index contributed by atoms with van der Waals surface area (Å²) < 4.78 is 80.4. The van der Waals surface area contributed by atoms with Gasteiger partial charge in [0.2, 0.25) is 0 Å². The van der Waals surface area contributed by atoms with E-state index in [4.69, 9.17) is 29.5 Å². The first-order valence-electron chi connectivity index (χ1n) is 14.4. The molecule has 30 heavy (non-hydrogen) atoms. The molecule has 4 atom stereocenters. The van der Waals surface area contributed by atoms with Gasteiger partial charge in [0.15, 0.2) is 11.5 Å². The van der Waals surface area contributed by atoms with Gasteiger partial charge in [0.05, 0.1) is 15.6 Å². The van der Waals surface area contributed by atoms with E-state index in [2.05, 4.69) is 0 Å². The molecule has 6 nitrogen and oxygen atoms in total. The second-order valence-corrected chi connectivity index (χ2v) is 8.47. The zero-order valence-electron chi connectivity index (χ0n) is 26.2. The lowest BCUT2D eigenvalue weighted by atomic mass is 9.79. The molecule has 2 heterocycles. The van der Waals surface area contributed by atoms with Crippen LogP contribution < -0.4 is 15.2 Å². The standard InChI is InChI=1S/C24H38N2O4/c1-14(2)9-17-13-26-8-7-16-10-21(28-5)22(29-6)11-18(16)19(26)12-20(17)30-24(27)23(25)15(3)4/h10-11,14-15,17,19-20,23H,7-9,12-13,25H2,1-6H3/t17?,19?,20?,23-/m0/s1/i3D3,4D3,15D,19D. The van der Waals surface area contributed by atoms with Crippen molar-refractivity contribution in [1.82, 2.24) is 4.90 Å². The van der Waals surface area contributed by atoms with Gasteiger partial charge in [0.25, 0.3) is 0 Å². The summed E-state index contributed by atoms with van der Waals surface area (Å²) in [6.07, 6.45) is 0.556. The summed E-state index contributed by atoms with van der Waals surface area (Å²) in [6.45, 7) is -1.65. The maximum Gasteiger partial charge on any atom is 0.323 e. The number of fused-ring (bicyclic) bond motifs is 3. The monoisotopic (exact) mass is 426 g/mol. The first kappa shape index (κ1) is 14.3. The Labute approximate surface area is 192 Å². The van der Waals surface area contributed by atoms with Gasteiger partial charge in [-0.15, -0.1) is 0 Å². The number of carbonyl (C=O) groups excluding carboxylic acids is 1. The third-order valence-corrected chi connectivity index (χ3v) is 5.93. The van der Waals surface area contributed by atoms with E-state index < -0.39 is 43.7 Å². The second-order valence-electron chi connectivity index (χ2n) is 8.47. The number of rotatable bonds is 7.